The van der Waals surface area contributed by atoms with Crippen LogP contribution in [-0.4, -0.2) is 50.5 Å². The first-order valence-corrected chi connectivity index (χ1v) is 10.8. The van der Waals surface area contributed by atoms with E-state index in [-0.39, 0.29) is 11.8 Å². The number of amides is 1. The predicted molar refractivity (Wildman–Crippen MR) is 124 cm³/mol. The van der Waals surface area contributed by atoms with E-state index in [4.69, 9.17) is 15.5 Å². The maximum atomic E-state index is 13.4. The van der Waals surface area contributed by atoms with Gasteiger partial charge in [0.15, 0.2) is 5.65 Å². The van der Waals surface area contributed by atoms with Crippen LogP contribution in [0.1, 0.15) is 40.8 Å². The monoisotopic (exact) mass is 430 g/mol. The number of anilines is 1. The number of aryl methyl sites for hydroxylation is 2. The minimum atomic E-state index is 0.0376. The highest BCUT2D eigenvalue weighted by Gasteiger charge is 2.28. The van der Waals surface area contributed by atoms with Crippen LogP contribution in [0.5, 0.6) is 5.75 Å². The zero-order valence-corrected chi connectivity index (χ0v) is 18.5. The molecule has 1 amide bonds. The van der Waals surface area contributed by atoms with Crippen molar-refractivity contribution < 1.29 is 9.53 Å². The molecule has 0 saturated carbocycles. The smallest absolute Gasteiger partial charge is 0.270 e. The molecule has 164 valence electrons. The van der Waals surface area contributed by atoms with E-state index < -0.39 is 0 Å². The SMILES string of the molecule is COc1ccc2c(c1)cc(C(=O)N1CCCC(c3ccc4c(N)nc(C)nc4n3)C1)n2C. The summed E-state index contributed by atoms with van der Waals surface area (Å²) in [5, 5.41) is 1.75. The molecule has 1 saturated heterocycles. The van der Waals surface area contributed by atoms with Crippen LogP contribution in [0.3, 0.4) is 0 Å². The third-order valence-corrected chi connectivity index (χ3v) is 6.32. The van der Waals surface area contributed by atoms with Crippen molar-refractivity contribution in [2.75, 3.05) is 25.9 Å². The van der Waals surface area contributed by atoms with Crippen LogP contribution in [0.2, 0.25) is 0 Å². The van der Waals surface area contributed by atoms with Gasteiger partial charge in [0, 0.05) is 42.7 Å². The first-order chi connectivity index (χ1) is 15.4. The van der Waals surface area contributed by atoms with Crippen LogP contribution in [-0.2, 0) is 7.05 Å². The highest BCUT2D eigenvalue weighted by molar-refractivity contribution is 5.99. The first kappa shape index (κ1) is 20.2. The molecule has 1 aliphatic heterocycles. The summed E-state index contributed by atoms with van der Waals surface area (Å²) in [6, 6.07) is 11.7. The zero-order chi connectivity index (χ0) is 22.4. The maximum Gasteiger partial charge on any atom is 0.270 e. The number of nitrogen functional groups attached to an aromatic ring is 1. The quantitative estimate of drug-likeness (QED) is 0.535. The molecule has 1 atom stereocenters. The molecule has 1 aliphatic rings. The van der Waals surface area contributed by atoms with Gasteiger partial charge in [-0.2, -0.15) is 0 Å². The van der Waals surface area contributed by atoms with Crippen molar-refractivity contribution >= 4 is 33.7 Å². The van der Waals surface area contributed by atoms with Crippen LogP contribution < -0.4 is 10.5 Å². The van der Waals surface area contributed by atoms with Crippen molar-refractivity contribution in [1.82, 2.24) is 24.4 Å². The van der Waals surface area contributed by atoms with Crippen LogP contribution in [0, 0.1) is 6.92 Å². The fraction of sp³-hybridized carbons (Fsp3) is 0.333. The number of nitrogens with zero attached hydrogens (tertiary/aromatic N) is 5. The number of benzene rings is 1. The van der Waals surface area contributed by atoms with Gasteiger partial charge < -0.3 is 19.9 Å². The van der Waals surface area contributed by atoms with Gasteiger partial charge in [-0.15, -0.1) is 0 Å². The predicted octanol–water partition coefficient (Wildman–Crippen LogP) is 3.44. The molecular formula is C24H26N6O2. The van der Waals surface area contributed by atoms with Gasteiger partial charge in [-0.1, -0.05) is 0 Å². The van der Waals surface area contributed by atoms with Crippen molar-refractivity contribution in [3.05, 3.63) is 53.6 Å². The Morgan fingerprint density at radius 1 is 1.16 bits per heavy atom. The number of piperidine rings is 1. The van der Waals surface area contributed by atoms with E-state index >= 15 is 0 Å². The molecule has 1 unspecified atom stereocenters. The minimum absolute atomic E-state index is 0.0376. The van der Waals surface area contributed by atoms with Gasteiger partial charge in [-0.3, -0.25) is 4.79 Å². The number of hydrogen-bond donors (Lipinski definition) is 1. The van der Waals surface area contributed by atoms with Crippen molar-refractivity contribution in [2.24, 2.45) is 7.05 Å². The number of carbonyl (C=O) groups is 1. The Morgan fingerprint density at radius 3 is 2.81 bits per heavy atom. The molecule has 32 heavy (non-hydrogen) atoms. The molecule has 0 radical (unpaired) electrons. The molecule has 2 N–H and O–H groups in total. The van der Waals surface area contributed by atoms with Gasteiger partial charge in [0.25, 0.3) is 5.91 Å². The van der Waals surface area contributed by atoms with Crippen LogP contribution in [0.15, 0.2) is 36.4 Å². The van der Waals surface area contributed by atoms with Crippen molar-refractivity contribution in [3.63, 3.8) is 0 Å². The van der Waals surface area contributed by atoms with Gasteiger partial charge in [0.05, 0.1) is 12.5 Å². The number of hydrogen-bond acceptors (Lipinski definition) is 6. The Hall–Kier alpha value is -3.68. The van der Waals surface area contributed by atoms with Crippen molar-refractivity contribution in [1.29, 1.82) is 0 Å². The van der Waals surface area contributed by atoms with E-state index in [9.17, 15) is 4.79 Å². The van der Waals surface area contributed by atoms with E-state index in [1.165, 1.54) is 0 Å². The third kappa shape index (κ3) is 3.41. The number of rotatable bonds is 3. The van der Waals surface area contributed by atoms with Gasteiger partial charge in [0.1, 0.15) is 23.1 Å². The van der Waals surface area contributed by atoms with Gasteiger partial charge >= 0.3 is 0 Å². The van der Waals surface area contributed by atoms with Gasteiger partial charge in [0.2, 0.25) is 0 Å². The third-order valence-electron chi connectivity index (χ3n) is 6.32. The van der Waals surface area contributed by atoms with Crippen molar-refractivity contribution in [2.45, 2.75) is 25.7 Å². The lowest BCUT2D eigenvalue weighted by Crippen LogP contribution is -2.40. The Balaban J connectivity index is 1.43. The first-order valence-electron chi connectivity index (χ1n) is 10.8. The lowest BCUT2D eigenvalue weighted by atomic mass is 9.94. The molecule has 1 aromatic carbocycles. The molecule has 1 fully saturated rings. The average Bonchev–Trinajstić information content (AvgIpc) is 3.13. The fourth-order valence-corrected chi connectivity index (χ4v) is 4.61. The highest BCUT2D eigenvalue weighted by atomic mass is 16.5. The number of nitrogens with two attached hydrogens (primary N) is 1. The summed E-state index contributed by atoms with van der Waals surface area (Å²) in [7, 11) is 3.58. The summed E-state index contributed by atoms with van der Waals surface area (Å²) in [5.74, 6) is 2.02. The molecule has 8 nitrogen and oxygen atoms in total. The van der Waals surface area contributed by atoms with Crippen LogP contribution in [0.25, 0.3) is 21.9 Å². The number of carbonyl (C=O) groups excluding carboxylic acids is 1. The average molecular weight is 431 g/mol. The summed E-state index contributed by atoms with van der Waals surface area (Å²) in [4.78, 5) is 28.8. The number of aromatic nitrogens is 4. The van der Waals surface area contributed by atoms with Crippen LogP contribution in [0.4, 0.5) is 5.82 Å². The summed E-state index contributed by atoms with van der Waals surface area (Å²) in [5.41, 5.74) is 9.25. The minimum Gasteiger partial charge on any atom is -0.497 e. The number of methoxy groups -OCH3 is 1. The summed E-state index contributed by atoms with van der Waals surface area (Å²) < 4.78 is 7.28. The molecule has 8 heteroatoms. The van der Waals surface area contributed by atoms with Crippen LogP contribution >= 0.6 is 0 Å². The topological polar surface area (TPSA) is 99.2 Å². The normalized spacial score (nSPS) is 16.6. The summed E-state index contributed by atoms with van der Waals surface area (Å²) in [6.45, 7) is 3.17. The summed E-state index contributed by atoms with van der Waals surface area (Å²) in [6.07, 6.45) is 1.91. The Bertz CT molecular complexity index is 1350. The second-order valence-corrected chi connectivity index (χ2v) is 8.37. The second-order valence-electron chi connectivity index (χ2n) is 8.37. The van der Waals surface area contributed by atoms with E-state index in [1.807, 2.05) is 59.8 Å². The second kappa shape index (κ2) is 7.78. The Labute approximate surface area is 186 Å². The van der Waals surface area contributed by atoms with E-state index in [0.29, 0.717) is 29.5 Å². The molecule has 0 spiro atoms. The summed E-state index contributed by atoms with van der Waals surface area (Å²) >= 11 is 0. The van der Waals surface area contributed by atoms with Gasteiger partial charge in [-0.25, -0.2) is 15.0 Å². The number of ether oxygens (including phenoxy) is 1. The number of pyridine rings is 1. The molecule has 4 aromatic rings. The maximum absolute atomic E-state index is 13.4. The van der Waals surface area contributed by atoms with Crippen molar-refractivity contribution in [3.8, 4) is 5.75 Å². The lowest BCUT2D eigenvalue weighted by molar-refractivity contribution is 0.0697. The fourth-order valence-electron chi connectivity index (χ4n) is 4.61. The lowest BCUT2D eigenvalue weighted by Gasteiger charge is -2.32. The largest absolute Gasteiger partial charge is 0.497 e. The number of fused-ring (bicyclic) bond motifs is 2. The molecule has 4 heterocycles. The molecule has 0 bridgehead atoms. The van der Waals surface area contributed by atoms with Gasteiger partial charge in [-0.05, 0) is 56.2 Å². The Morgan fingerprint density at radius 2 is 2.00 bits per heavy atom. The Kier molecular flexibility index (Phi) is 4.92. The standard InChI is InChI=1S/C24H26N6O2/c1-14-26-22(25)18-7-8-19(28-23(18)27-14)15-5-4-10-30(13-15)24(31)21-12-16-11-17(32-3)6-9-20(16)29(21)2/h6-9,11-12,15H,4-5,10,13H2,1-3H3,(H2,25,26,27,28). The highest BCUT2D eigenvalue weighted by Crippen LogP contribution is 2.30. The van der Waals surface area contributed by atoms with E-state index in [0.717, 1.165) is 47.1 Å². The number of likely N-dealkylation sites (tertiary alicyclic amines) is 1. The molecular weight excluding hydrogens is 404 g/mol. The van der Waals surface area contributed by atoms with E-state index in [2.05, 4.69) is 9.97 Å². The zero-order valence-electron chi connectivity index (χ0n) is 18.5. The molecule has 3 aromatic heterocycles. The molecule has 5 rings (SSSR count). The van der Waals surface area contributed by atoms with E-state index in [1.54, 1.807) is 7.11 Å². The molecule has 0 aliphatic carbocycles.